The Morgan fingerprint density at radius 2 is 1.76 bits per heavy atom. The number of amides is 1. The molecule has 4 fully saturated rings. The molecule has 21 heavy (non-hydrogen) atoms. The summed E-state index contributed by atoms with van der Waals surface area (Å²) in [6.45, 7) is 8.60. The molecule has 1 heterocycles. The molecule has 1 aliphatic heterocycles. The maximum atomic E-state index is 12.8. The molecule has 4 aliphatic rings. The lowest BCUT2D eigenvalue weighted by Gasteiger charge is -2.35. The van der Waals surface area contributed by atoms with Gasteiger partial charge in [0.2, 0.25) is 5.91 Å². The quantitative estimate of drug-likeness (QED) is 0.709. The summed E-state index contributed by atoms with van der Waals surface area (Å²) in [5, 5.41) is 0. The van der Waals surface area contributed by atoms with Crippen LogP contribution in [-0.2, 0) is 4.79 Å². The lowest BCUT2D eigenvalue weighted by Crippen LogP contribution is -2.36. The summed E-state index contributed by atoms with van der Waals surface area (Å²) in [5.74, 6) is 5.58. The number of nitrogens with zero attached hydrogens (tertiary/aromatic N) is 1. The fourth-order valence-corrected chi connectivity index (χ4v) is 5.87. The van der Waals surface area contributed by atoms with E-state index in [0.29, 0.717) is 23.7 Å². The summed E-state index contributed by atoms with van der Waals surface area (Å²) in [6.07, 6.45) is 9.74. The molecule has 116 valence electrons. The van der Waals surface area contributed by atoms with Crippen LogP contribution >= 0.6 is 0 Å². The van der Waals surface area contributed by atoms with Crippen LogP contribution in [0.1, 0.15) is 45.4 Å². The van der Waals surface area contributed by atoms with E-state index in [1.807, 2.05) is 0 Å². The number of fused-ring (bicyclic) bond motifs is 2. The minimum absolute atomic E-state index is 0.339. The number of hydrogen-bond acceptors (Lipinski definition) is 1. The predicted octanol–water partition coefficient (Wildman–Crippen LogP) is 3.73. The second-order valence-electron chi connectivity index (χ2n) is 8.14. The normalized spacial score (nSPS) is 45.9. The van der Waals surface area contributed by atoms with Gasteiger partial charge in [-0.15, -0.1) is 6.58 Å². The Morgan fingerprint density at radius 1 is 1.05 bits per heavy atom. The lowest BCUT2D eigenvalue weighted by atomic mass is 9.69. The Kier molecular flexibility index (Phi) is 3.39. The Hall–Kier alpha value is -0.790. The largest absolute Gasteiger partial charge is 0.342 e. The van der Waals surface area contributed by atoms with Crippen LogP contribution < -0.4 is 0 Å². The van der Waals surface area contributed by atoms with Crippen LogP contribution in [0.25, 0.3) is 0 Å². The molecular formula is C19H29NO. The van der Waals surface area contributed by atoms with Gasteiger partial charge in [0.05, 0.1) is 0 Å². The molecule has 0 N–H and O–H groups in total. The van der Waals surface area contributed by atoms with Gasteiger partial charge >= 0.3 is 0 Å². The summed E-state index contributed by atoms with van der Waals surface area (Å²) < 4.78 is 0. The Labute approximate surface area is 129 Å². The van der Waals surface area contributed by atoms with Crippen molar-refractivity contribution in [1.82, 2.24) is 4.90 Å². The van der Waals surface area contributed by atoms with Gasteiger partial charge in [0, 0.05) is 19.0 Å². The molecule has 2 nitrogen and oxygen atoms in total. The zero-order chi connectivity index (χ0) is 14.6. The third kappa shape index (κ3) is 2.17. The SMILES string of the molecule is C=CC1C2CC2C(C)C2CN(C(=O)C3CCCCC3)CC12. The van der Waals surface area contributed by atoms with Crippen LogP contribution in [0.15, 0.2) is 12.7 Å². The summed E-state index contributed by atoms with van der Waals surface area (Å²) >= 11 is 0. The van der Waals surface area contributed by atoms with Crippen LogP contribution in [0.2, 0.25) is 0 Å². The van der Waals surface area contributed by atoms with Crippen molar-refractivity contribution in [2.45, 2.75) is 45.4 Å². The summed E-state index contributed by atoms with van der Waals surface area (Å²) in [4.78, 5) is 15.1. The molecule has 0 spiro atoms. The first-order valence-corrected chi connectivity index (χ1v) is 9.12. The molecule has 1 saturated heterocycles. The van der Waals surface area contributed by atoms with Crippen molar-refractivity contribution >= 4 is 5.91 Å². The molecule has 2 heteroatoms. The first-order valence-electron chi connectivity index (χ1n) is 9.12. The van der Waals surface area contributed by atoms with E-state index in [1.165, 1.54) is 25.7 Å². The smallest absolute Gasteiger partial charge is 0.225 e. The average molecular weight is 287 g/mol. The van der Waals surface area contributed by atoms with E-state index in [-0.39, 0.29) is 0 Å². The predicted molar refractivity (Wildman–Crippen MR) is 84.6 cm³/mol. The van der Waals surface area contributed by atoms with Crippen molar-refractivity contribution in [3.63, 3.8) is 0 Å². The van der Waals surface area contributed by atoms with Gasteiger partial charge in [0.25, 0.3) is 0 Å². The molecule has 3 saturated carbocycles. The maximum Gasteiger partial charge on any atom is 0.225 e. The van der Waals surface area contributed by atoms with Gasteiger partial charge in [-0.25, -0.2) is 0 Å². The Morgan fingerprint density at radius 3 is 2.48 bits per heavy atom. The average Bonchev–Trinajstić information content (AvgIpc) is 3.19. The number of carbonyl (C=O) groups excluding carboxylic acids is 1. The Balaban J connectivity index is 1.48. The summed E-state index contributed by atoms with van der Waals surface area (Å²) in [6, 6.07) is 0. The van der Waals surface area contributed by atoms with Gasteiger partial charge < -0.3 is 4.90 Å². The van der Waals surface area contributed by atoms with Crippen molar-refractivity contribution in [3.8, 4) is 0 Å². The van der Waals surface area contributed by atoms with E-state index in [9.17, 15) is 4.79 Å². The third-order valence-corrected chi connectivity index (χ3v) is 7.18. The zero-order valence-electron chi connectivity index (χ0n) is 13.3. The van der Waals surface area contributed by atoms with Gasteiger partial charge in [0.15, 0.2) is 0 Å². The van der Waals surface area contributed by atoms with Gasteiger partial charge in [-0.1, -0.05) is 32.3 Å². The van der Waals surface area contributed by atoms with E-state index < -0.39 is 0 Å². The second kappa shape index (κ2) is 5.14. The molecular weight excluding hydrogens is 258 g/mol. The second-order valence-corrected chi connectivity index (χ2v) is 8.14. The molecule has 1 amide bonds. The molecule has 3 aliphatic carbocycles. The van der Waals surface area contributed by atoms with Crippen molar-refractivity contribution in [2.75, 3.05) is 13.1 Å². The van der Waals surface area contributed by atoms with Crippen molar-refractivity contribution in [1.29, 1.82) is 0 Å². The van der Waals surface area contributed by atoms with Crippen LogP contribution in [0.4, 0.5) is 0 Å². The maximum absolute atomic E-state index is 12.8. The van der Waals surface area contributed by atoms with Gasteiger partial charge in [0.1, 0.15) is 0 Å². The van der Waals surface area contributed by atoms with Crippen molar-refractivity contribution in [3.05, 3.63) is 12.7 Å². The standard InChI is InChI=1S/C19H29NO/c1-3-14-16-9-15(16)12(2)17-10-20(11-18(14)17)19(21)13-7-5-4-6-8-13/h3,12-18H,1,4-11H2,2H3. The highest BCUT2D eigenvalue weighted by Gasteiger charge is 2.58. The van der Waals surface area contributed by atoms with Crippen LogP contribution in [0.5, 0.6) is 0 Å². The van der Waals surface area contributed by atoms with E-state index in [1.54, 1.807) is 0 Å². The van der Waals surface area contributed by atoms with Gasteiger partial charge in [-0.05, 0) is 54.8 Å². The number of hydrogen-bond donors (Lipinski definition) is 0. The molecule has 0 aromatic carbocycles. The highest BCUT2D eigenvalue weighted by molar-refractivity contribution is 5.79. The number of allylic oxidation sites excluding steroid dienone is 1. The van der Waals surface area contributed by atoms with Crippen LogP contribution in [0, 0.1) is 41.4 Å². The first kappa shape index (κ1) is 13.8. The molecule has 4 rings (SSSR count). The highest BCUT2D eigenvalue weighted by Crippen LogP contribution is 2.61. The van der Waals surface area contributed by atoms with Gasteiger partial charge in [-0.2, -0.15) is 0 Å². The third-order valence-electron chi connectivity index (χ3n) is 7.18. The number of rotatable bonds is 2. The molecule has 6 atom stereocenters. The number of likely N-dealkylation sites (tertiary alicyclic amines) is 1. The number of carbonyl (C=O) groups is 1. The minimum Gasteiger partial charge on any atom is -0.342 e. The van der Waals surface area contributed by atoms with E-state index in [2.05, 4.69) is 24.5 Å². The highest BCUT2D eigenvalue weighted by atomic mass is 16.2. The summed E-state index contributed by atoms with van der Waals surface area (Å²) in [5.41, 5.74) is 0. The summed E-state index contributed by atoms with van der Waals surface area (Å²) in [7, 11) is 0. The molecule has 0 radical (unpaired) electrons. The van der Waals surface area contributed by atoms with Crippen LogP contribution in [0.3, 0.4) is 0 Å². The monoisotopic (exact) mass is 287 g/mol. The molecule has 0 aromatic rings. The van der Waals surface area contributed by atoms with E-state index >= 15 is 0 Å². The molecule has 0 aromatic heterocycles. The van der Waals surface area contributed by atoms with E-state index in [4.69, 9.17) is 0 Å². The van der Waals surface area contributed by atoms with Gasteiger partial charge in [-0.3, -0.25) is 4.79 Å². The fraction of sp³-hybridized carbons (Fsp3) is 0.842. The topological polar surface area (TPSA) is 20.3 Å². The molecule has 0 bridgehead atoms. The van der Waals surface area contributed by atoms with Crippen molar-refractivity contribution in [2.24, 2.45) is 41.4 Å². The fourth-order valence-electron chi connectivity index (χ4n) is 5.87. The minimum atomic E-state index is 0.339. The zero-order valence-corrected chi connectivity index (χ0v) is 13.3. The van der Waals surface area contributed by atoms with Crippen LogP contribution in [-0.4, -0.2) is 23.9 Å². The molecule has 6 unspecified atom stereocenters. The Bertz CT molecular complexity index is 439. The lowest BCUT2D eigenvalue weighted by molar-refractivity contribution is -0.135. The first-order chi connectivity index (χ1) is 10.2. The van der Waals surface area contributed by atoms with Crippen molar-refractivity contribution < 1.29 is 4.79 Å². The van der Waals surface area contributed by atoms with E-state index in [0.717, 1.165) is 49.6 Å².